The molecule has 0 fully saturated rings. The zero-order valence-electron chi connectivity index (χ0n) is 8.25. The van der Waals surface area contributed by atoms with Crippen molar-refractivity contribution in [3.8, 4) is 0 Å². The topological polar surface area (TPSA) is 38.1 Å². The second-order valence-electron chi connectivity index (χ2n) is 3.19. The van der Waals surface area contributed by atoms with Gasteiger partial charge < -0.3 is 9.73 Å². The number of alkyl halides is 3. The molecule has 0 aliphatic rings. The van der Waals surface area contributed by atoms with E-state index in [0.717, 1.165) is 12.1 Å². The third kappa shape index (κ3) is 2.91. The van der Waals surface area contributed by atoms with E-state index >= 15 is 0 Å². The van der Waals surface area contributed by atoms with Crippen LogP contribution in [0, 0.1) is 0 Å². The highest BCUT2D eigenvalue weighted by Crippen LogP contribution is 2.33. The Labute approximate surface area is 99.2 Å². The van der Waals surface area contributed by atoms with Gasteiger partial charge in [0.25, 0.3) is 6.01 Å². The lowest BCUT2D eigenvalue weighted by Gasteiger charge is -2.09. The maximum absolute atomic E-state index is 12.5. The van der Waals surface area contributed by atoms with Crippen molar-refractivity contribution >= 4 is 23.3 Å². The molecule has 1 N–H and O–H groups in total. The first-order chi connectivity index (χ1) is 7.95. The smallest absolute Gasteiger partial charge is 0.416 e. The number of rotatable bonds is 2. The number of hydrogen-bond donors (Lipinski definition) is 1. The lowest BCUT2D eigenvalue weighted by Crippen LogP contribution is -2.05. The summed E-state index contributed by atoms with van der Waals surface area (Å²) in [6, 6.07) is 3.22. The minimum Gasteiger partial charge on any atom is -0.432 e. The van der Waals surface area contributed by atoms with E-state index in [0.29, 0.717) is 0 Å². The minimum atomic E-state index is -4.45. The van der Waals surface area contributed by atoms with Gasteiger partial charge in [-0.1, -0.05) is 11.6 Å². The number of aromatic nitrogens is 1. The van der Waals surface area contributed by atoms with Gasteiger partial charge in [-0.05, 0) is 18.2 Å². The Hall–Kier alpha value is -1.69. The summed E-state index contributed by atoms with van der Waals surface area (Å²) < 4.78 is 42.4. The molecule has 1 aromatic carbocycles. The molecule has 0 unspecified atom stereocenters. The fourth-order valence-electron chi connectivity index (χ4n) is 1.23. The van der Waals surface area contributed by atoms with Crippen LogP contribution in [-0.4, -0.2) is 4.98 Å². The van der Waals surface area contributed by atoms with Gasteiger partial charge in [-0.15, -0.1) is 0 Å². The molecule has 0 spiro atoms. The Morgan fingerprint density at radius 1 is 1.24 bits per heavy atom. The molecule has 3 nitrogen and oxygen atoms in total. The molecule has 1 heterocycles. The molecule has 0 bridgehead atoms. The molecule has 0 atom stereocenters. The van der Waals surface area contributed by atoms with Crippen LogP contribution >= 0.6 is 11.6 Å². The molecule has 0 amide bonds. The summed E-state index contributed by atoms with van der Waals surface area (Å²) in [5.41, 5.74) is -0.675. The average molecular weight is 263 g/mol. The molecule has 2 rings (SSSR count). The molecule has 0 aliphatic heterocycles. The standard InChI is InChI=1S/C10H6ClF3N2O/c11-7-3-6(10(12,13)14)4-8(5-7)16-9-15-1-2-17-9/h1-5H,(H,15,16). The Bertz CT molecular complexity index is 511. The van der Waals surface area contributed by atoms with Gasteiger partial charge in [-0.3, -0.25) is 0 Å². The van der Waals surface area contributed by atoms with Gasteiger partial charge in [0.1, 0.15) is 6.26 Å². The normalized spacial score (nSPS) is 11.5. The number of hydrogen-bond acceptors (Lipinski definition) is 3. The third-order valence-electron chi connectivity index (χ3n) is 1.91. The van der Waals surface area contributed by atoms with Crippen LogP contribution in [-0.2, 0) is 6.18 Å². The highest BCUT2D eigenvalue weighted by molar-refractivity contribution is 6.31. The summed E-state index contributed by atoms with van der Waals surface area (Å²) >= 11 is 5.61. The van der Waals surface area contributed by atoms with E-state index in [1.165, 1.54) is 18.5 Å². The Balaban J connectivity index is 2.32. The van der Waals surface area contributed by atoms with Gasteiger partial charge in [0.2, 0.25) is 0 Å². The van der Waals surface area contributed by atoms with Crippen LogP contribution in [0.1, 0.15) is 5.56 Å². The highest BCUT2D eigenvalue weighted by Gasteiger charge is 2.31. The van der Waals surface area contributed by atoms with Gasteiger partial charge in [0, 0.05) is 10.7 Å². The monoisotopic (exact) mass is 262 g/mol. The van der Waals surface area contributed by atoms with E-state index in [-0.39, 0.29) is 16.7 Å². The summed E-state index contributed by atoms with van der Waals surface area (Å²) in [4.78, 5) is 3.73. The van der Waals surface area contributed by atoms with Gasteiger partial charge in [0.15, 0.2) is 0 Å². The van der Waals surface area contributed by atoms with E-state index in [4.69, 9.17) is 16.0 Å². The zero-order chi connectivity index (χ0) is 12.5. The molecule has 0 aliphatic carbocycles. The molecular weight excluding hydrogens is 257 g/mol. The maximum Gasteiger partial charge on any atom is 0.416 e. The van der Waals surface area contributed by atoms with Crippen molar-refractivity contribution < 1.29 is 17.6 Å². The van der Waals surface area contributed by atoms with Crippen LogP contribution in [0.25, 0.3) is 0 Å². The average Bonchev–Trinajstić information content (AvgIpc) is 2.68. The molecule has 7 heteroatoms. The fraction of sp³-hybridized carbons (Fsp3) is 0.100. The van der Waals surface area contributed by atoms with Crippen molar-refractivity contribution in [3.63, 3.8) is 0 Å². The summed E-state index contributed by atoms with van der Waals surface area (Å²) in [6.07, 6.45) is -1.77. The predicted octanol–water partition coefficient (Wildman–Crippen LogP) is 4.09. The first kappa shape index (κ1) is 11.8. The molecule has 1 aromatic heterocycles. The second-order valence-corrected chi connectivity index (χ2v) is 3.63. The van der Waals surface area contributed by atoms with Crippen LogP contribution in [0.5, 0.6) is 0 Å². The predicted molar refractivity (Wildman–Crippen MR) is 56.2 cm³/mol. The van der Waals surface area contributed by atoms with E-state index in [1.54, 1.807) is 0 Å². The Morgan fingerprint density at radius 3 is 2.59 bits per heavy atom. The van der Waals surface area contributed by atoms with Crippen molar-refractivity contribution in [1.82, 2.24) is 4.98 Å². The summed E-state index contributed by atoms with van der Waals surface area (Å²) in [6.45, 7) is 0. The van der Waals surface area contributed by atoms with Crippen molar-refractivity contribution in [2.75, 3.05) is 5.32 Å². The maximum atomic E-state index is 12.5. The molecular formula is C10H6ClF3N2O. The zero-order valence-corrected chi connectivity index (χ0v) is 9.01. The first-order valence-electron chi connectivity index (χ1n) is 4.49. The Kier molecular flexibility index (Phi) is 2.97. The Morgan fingerprint density at radius 2 is 2.00 bits per heavy atom. The van der Waals surface area contributed by atoms with Crippen molar-refractivity contribution in [2.24, 2.45) is 0 Å². The molecule has 17 heavy (non-hydrogen) atoms. The number of halogens is 4. The van der Waals surface area contributed by atoms with Crippen molar-refractivity contribution in [1.29, 1.82) is 0 Å². The number of benzene rings is 1. The minimum absolute atomic E-state index is 0.0196. The molecule has 0 saturated heterocycles. The summed E-state index contributed by atoms with van der Waals surface area (Å²) in [7, 11) is 0. The summed E-state index contributed by atoms with van der Waals surface area (Å²) in [5.74, 6) is 0. The van der Waals surface area contributed by atoms with Crippen LogP contribution < -0.4 is 5.32 Å². The highest BCUT2D eigenvalue weighted by atomic mass is 35.5. The van der Waals surface area contributed by atoms with Crippen LogP contribution in [0.2, 0.25) is 5.02 Å². The second kappa shape index (κ2) is 4.29. The lowest BCUT2D eigenvalue weighted by atomic mass is 10.2. The van der Waals surface area contributed by atoms with Gasteiger partial charge in [0.05, 0.1) is 11.8 Å². The fourth-order valence-corrected chi connectivity index (χ4v) is 1.47. The van der Waals surface area contributed by atoms with Gasteiger partial charge in [-0.2, -0.15) is 13.2 Å². The molecule has 2 aromatic rings. The third-order valence-corrected chi connectivity index (χ3v) is 2.13. The van der Waals surface area contributed by atoms with Gasteiger partial charge in [-0.25, -0.2) is 4.98 Å². The van der Waals surface area contributed by atoms with E-state index < -0.39 is 11.7 Å². The van der Waals surface area contributed by atoms with Crippen LogP contribution in [0.15, 0.2) is 35.1 Å². The van der Waals surface area contributed by atoms with Crippen molar-refractivity contribution in [3.05, 3.63) is 41.2 Å². The van der Waals surface area contributed by atoms with Crippen LogP contribution in [0.4, 0.5) is 24.9 Å². The first-order valence-corrected chi connectivity index (χ1v) is 4.87. The summed E-state index contributed by atoms with van der Waals surface area (Å²) in [5, 5.41) is 2.56. The quantitative estimate of drug-likeness (QED) is 0.886. The largest absolute Gasteiger partial charge is 0.432 e. The molecule has 0 saturated carbocycles. The number of oxazole rings is 1. The lowest BCUT2D eigenvalue weighted by molar-refractivity contribution is -0.137. The van der Waals surface area contributed by atoms with Crippen LogP contribution in [0.3, 0.4) is 0 Å². The van der Waals surface area contributed by atoms with Crippen molar-refractivity contribution in [2.45, 2.75) is 6.18 Å². The number of nitrogens with one attached hydrogen (secondary N) is 1. The SMILES string of the molecule is FC(F)(F)c1cc(Cl)cc(Nc2ncco2)c1. The number of nitrogens with zero attached hydrogens (tertiary/aromatic N) is 1. The van der Waals surface area contributed by atoms with Gasteiger partial charge >= 0.3 is 6.18 Å². The van der Waals surface area contributed by atoms with E-state index in [9.17, 15) is 13.2 Å². The van der Waals surface area contributed by atoms with E-state index in [1.807, 2.05) is 0 Å². The van der Waals surface area contributed by atoms with E-state index in [2.05, 4.69) is 10.3 Å². The number of anilines is 2. The molecule has 90 valence electrons. The molecule has 0 radical (unpaired) electrons.